The third-order valence-electron chi connectivity index (χ3n) is 29.6. The summed E-state index contributed by atoms with van der Waals surface area (Å²) in [5.41, 5.74) is -6.65. The number of carbonyl (C=O) groups excluding carboxylic acids is 9. The molecule has 15 rings (SSSR count). The number of nitrogens with one attached hydrogen (secondary N) is 3. The zero-order valence-corrected chi connectivity index (χ0v) is 87.1. The number of hydrogen-bond donors (Lipinski definition) is 3. The van der Waals surface area contributed by atoms with E-state index in [9.17, 15) is 43.2 Å². The summed E-state index contributed by atoms with van der Waals surface area (Å²) in [6, 6.07) is 6.22. The van der Waals surface area contributed by atoms with Crippen LogP contribution in [0.3, 0.4) is 0 Å². The molecule has 18 atom stereocenters. The molecule has 3 saturated carbocycles. The number of carbonyl (C=O) groups is 6. The molecule has 6 fully saturated rings. The number of alkyl carbamates (subject to hydrolysis) is 3. The van der Waals surface area contributed by atoms with Crippen LogP contribution in [0.1, 0.15) is 255 Å². The van der Waals surface area contributed by atoms with E-state index in [0.29, 0.717) is 94.3 Å². The minimum absolute atomic E-state index is 0. The summed E-state index contributed by atoms with van der Waals surface area (Å²) in [6.45, 7) is 24.4. The summed E-state index contributed by atoms with van der Waals surface area (Å²) in [6.07, 6.45) is 7.28. The molecule has 3 saturated heterocycles. The van der Waals surface area contributed by atoms with Gasteiger partial charge in [-0.3, -0.25) is 14.4 Å². The van der Waals surface area contributed by atoms with Gasteiger partial charge in [-0.25, -0.2) is 87.7 Å². The van der Waals surface area contributed by atoms with Crippen molar-refractivity contribution in [2.45, 2.75) is 328 Å². The Morgan fingerprint density at radius 1 is 0.404 bits per heavy atom. The number of aromatic nitrogens is 3. The zero-order valence-electron chi connectivity index (χ0n) is 82.9. The number of nitrogens with zero attached hydrogens (tertiary/aromatic N) is 6. The Hall–Kier alpha value is -8.96. The molecule has 9 heterocycles. The average molecular weight is 2090 g/mol. The summed E-state index contributed by atoms with van der Waals surface area (Å²) >= 11 is 0. The summed E-state index contributed by atoms with van der Waals surface area (Å²) in [5, 5.41) is 7.94. The molecule has 771 valence electrons. The molecule has 3 N–H and O–H groups in total. The fourth-order valence-corrected chi connectivity index (χ4v) is 21.5. The van der Waals surface area contributed by atoms with Gasteiger partial charge in [-0.05, 0) is 180 Å². The largest absolute Gasteiger partial charge is 0.540 e. The molecule has 39 heteroatoms. The van der Waals surface area contributed by atoms with Crippen LogP contribution in [-0.2, 0) is 116 Å². The first-order chi connectivity index (χ1) is 65.0. The maximum atomic E-state index is 16.2. The maximum Gasteiger partial charge on any atom is 0.408 e. The molecule has 6 aliphatic heterocycles. The molecule has 6 bridgehead atoms. The monoisotopic (exact) mass is 2090 g/mol. The Labute approximate surface area is 852 Å². The van der Waals surface area contributed by atoms with Crippen LogP contribution in [-0.4, -0.2) is 197 Å². The SMILES string of the molecule is CC[C@@H]1[C@@H]2CN(C(=O)[C@H](C(C)(C)C)NC(=O)O[C@@H]3CCC[C@H]3CCCCC(F)(F)c3c(nc4cc(OC)ccc4c3F)O2)[C@@H]1[C-]=O.CC[C@@H]1[C@@H]2CN(C(=O)[C@H](C(C)(C)C)NC(=O)O[C@]3(C)CCC[C@H]3CCCCC(F)(F)c3c(nc4cc(OC)ccc4c3F)O2)[C@@H]1[C-]=O.CC[C@@H]1[C@@H]2CN(C(=O)[C@H](C(C)(C)C)NC(=O)O[C@]3(C)C[C@H]3CCCCC(F)(F)c3c(nc4cc(OC)ccc4c3F)O2)[C@@H]1[C-]=O.[V].[V].[V]. The van der Waals surface area contributed by atoms with Crippen LogP contribution in [0.15, 0.2) is 54.6 Å². The minimum atomic E-state index is -3.65. The fraction of sp³-hybridized carbons (Fsp3) is 0.647. The van der Waals surface area contributed by atoms with E-state index in [4.69, 9.17) is 42.6 Å². The number of hydrogen-bond acceptors (Lipinski definition) is 21. The topological polar surface area (TPSA) is 321 Å². The minimum Gasteiger partial charge on any atom is -0.540 e. The van der Waals surface area contributed by atoms with E-state index in [0.717, 1.165) is 25.7 Å². The van der Waals surface area contributed by atoms with Gasteiger partial charge < -0.3 is 87.7 Å². The second-order valence-electron chi connectivity index (χ2n) is 42.0. The Balaban J connectivity index is 0.000000215. The molecule has 3 aromatic heterocycles. The standard InChI is InChI=1S/C35H45F3N3O6.C34H43F3N3O6.C33H41F3N3O6.3V/c1-7-22-25(19-42)41-18-26(22)46-30-27(28(36)23-14-13-21(45-6)17-24(23)39-30)35(37,38)16-9-8-11-20-12-10-15-34(20,5)47-32(44)40-29(31(41)43)33(2,3)4;1-6-21-24(18-41)40-17-26(21)45-30-27(28(35)22-14-13-20(44-5)16-23(22)38-30)34(36,37)15-8-7-10-19-11-9-12-25(19)46-32(43)39-29(31(40)42)33(2,3)4;1-7-20-23(17-40)39-16-24(20)44-28-25(26(34)21-12-11-19(43-6)14-22(21)37-28)33(35,36)13-9-8-10-18-15-32(18,5)45-30(42)38-27(29(39)41)31(2,3)4;;;/h13-14,17,20,22,25-26,29H,7-12,15-16,18H2,1-6H3,(H,40,44);13-14,16,19,21,24-26,29H,6-12,15,17H2,1-5H3,(H,39,43);11-12,14,18,20,23-24,27H,7-10,13,15-16H2,1-6H3,(H,38,42);;;/q3*-1;;;/t20-,22+,25-,26+,29-,34-;19-,21+,24-,25-,26+,29-;18-,20+,23-,24+,27-,32-;;;/m111.../s1. The van der Waals surface area contributed by atoms with Crippen molar-refractivity contribution in [3.8, 4) is 34.9 Å². The third-order valence-corrected chi connectivity index (χ3v) is 29.6. The second kappa shape index (κ2) is 45.8. The van der Waals surface area contributed by atoms with Gasteiger partial charge in [0.05, 0.1) is 57.5 Å². The van der Waals surface area contributed by atoms with Crippen LogP contribution in [0.4, 0.5) is 53.9 Å². The van der Waals surface area contributed by atoms with Crippen LogP contribution >= 0.6 is 0 Å². The van der Waals surface area contributed by atoms with Crippen molar-refractivity contribution in [2.24, 2.45) is 51.8 Å². The quantitative estimate of drug-likeness (QED) is 0.0688. The molecule has 6 amide bonds. The maximum absolute atomic E-state index is 16.2. The summed E-state index contributed by atoms with van der Waals surface area (Å²) in [7, 11) is 4.28. The number of ether oxygens (including phenoxy) is 9. The number of rotatable bonds is 9. The zero-order chi connectivity index (χ0) is 101. The van der Waals surface area contributed by atoms with Gasteiger partial charge in [0.2, 0.25) is 35.4 Å². The van der Waals surface area contributed by atoms with Crippen molar-refractivity contribution in [2.75, 3.05) is 41.0 Å². The Morgan fingerprint density at radius 3 is 1.04 bits per heavy atom. The molecule has 27 nitrogen and oxygen atoms in total. The number of pyridine rings is 3. The van der Waals surface area contributed by atoms with Crippen LogP contribution in [0.5, 0.6) is 34.9 Å². The molecular weight excluding hydrogens is 1960 g/mol. The van der Waals surface area contributed by atoms with Gasteiger partial charge in [-0.1, -0.05) is 140 Å². The molecule has 3 aromatic carbocycles. The molecule has 141 heavy (non-hydrogen) atoms. The van der Waals surface area contributed by atoms with Crippen molar-refractivity contribution in [1.82, 2.24) is 45.6 Å². The van der Waals surface area contributed by atoms with Crippen LogP contribution in [0.25, 0.3) is 32.7 Å². The van der Waals surface area contributed by atoms with Gasteiger partial charge in [0.25, 0.3) is 17.8 Å². The van der Waals surface area contributed by atoms with E-state index in [2.05, 4.69) is 30.9 Å². The Kier molecular flexibility index (Phi) is 37.0. The Bertz CT molecular complexity index is 5520. The van der Waals surface area contributed by atoms with Gasteiger partial charge in [0.15, 0.2) is 0 Å². The smallest absolute Gasteiger partial charge is 0.408 e. The van der Waals surface area contributed by atoms with E-state index in [1.54, 1.807) is 90.0 Å². The molecule has 0 unspecified atom stereocenters. The second-order valence-corrected chi connectivity index (χ2v) is 42.0. The predicted octanol–water partition coefficient (Wildman–Crippen LogP) is 19.3. The number of amides is 6. The van der Waals surface area contributed by atoms with E-state index in [-0.39, 0.29) is 145 Å². The van der Waals surface area contributed by atoms with Crippen LogP contribution < -0.4 is 44.4 Å². The van der Waals surface area contributed by atoms with E-state index in [1.807, 2.05) is 25.8 Å². The number of benzene rings is 3. The molecule has 3 radical (unpaired) electrons. The fourth-order valence-electron chi connectivity index (χ4n) is 21.5. The van der Waals surface area contributed by atoms with Crippen molar-refractivity contribution in [3.63, 3.8) is 0 Å². The summed E-state index contributed by atoms with van der Waals surface area (Å²) < 4.78 is 197. The Morgan fingerprint density at radius 2 is 0.716 bits per heavy atom. The van der Waals surface area contributed by atoms with E-state index >= 15 is 39.5 Å². The molecule has 9 aliphatic rings. The van der Waals surface area contributed by atoms with Gasteiger partial charge in [-0.15, -0.1) is 0 Å². The van der Waals surface area contributed by atoms with Crippen molar-refractivity contribution in [1.29, 1.82) is 0 Å². The van der Waals surface area contributed by atoms with Crippen molar-refractivity contribution in [3.05, 3.63) is 88.7 Å². The molecule has 0 spiro atoms. The number of fused-ring (bicyclic) bond motifs is 15. The van der Waals surface area contributed by atoms with Gasteiger partial charge >= 0.3 is 18.3 Å². The first kappa shape index (κ1) is 114. The van der Waals surface area contributed by atoms with Crippen LogP contribution in [0.2, 0.25) is 0 Å². The first-order valence-electron chi connectivity index (χ1n) is 48.2. The van der Waals surface area contributed by atoms with Crippen LogP contribution in [0, 0.1) is 69.2 Å². The summed E-state index contributed by atoms with van der Waals surface area (Å²) in [4.78, 5) is 136. The van der Waals surface area contributed by atoms with Crippen molar-refractivity contribution < 1.29 is 181 Å². The predicted molar refractivity (Wildman–Crippen MR) is 492 cm³/mol. The average Bonchev–Trinajstić information content (AvgIpc) is 1.48. The molecule has 3 aliphatic carbocycles. The number of methoxy groups -OCH3 is 3. The van der Waals surface area contributed by atoms with Crippen molar-refractivity contribution >= 4 is 87.6 Å². The third kappa shape index (κ3) is 24.6. The summed E-state index contributed by atoms with van der Waals surface area (Å²) in [5.74, 6) is -18.9. The first-order valence-corrected chi connectivity index (χ1v) is 48.2. The normalized spacial score (nSPS) is 29.4. The van der Waals surface area contributed by atoms with Gasteiger partial charge in [0, 0.05) is 115 Å². The van der Waals surface area contributed by atoms with E-state index < -0.39 is 231 Å². The van der Waals surface area contributed by atoms with E-state index in [1.165, 1.54) is 90.6 Å². The molecular formula is C102H129F9N9O18V3-3. The number of halogens is 9. The number of alkyl halides is 6. The van der Waals surface area contributed by atoms with Gasteiger partial charge in [0.1, 0.15) is 105 Å². The van der Waals surface area contributed by atoms with Gasteiger partial charge in [-0.2, -0.15) is 0 Å². The molecule has 6 aromatic rings.